The first kappa shape index (κ1) is 29.0. The van der Waals surface area contributed by atoms with E-state index in [1.807, 2.05) is 37.3 Å². The predicted octanol–water partition coefficient (Wildman–Crippen LogP) is 4.01. The van der Waals surface area contributed by atoms with E-state index >= 15 is 0 Å². The first-order valence-corrected chi connectivity index (χ1v) is 15.4. The number of nitrogens with zero attached hydrogens (tertiary/aromatic N) is 4. The van der Waals surface area contributed by atoms with E-state index in [2.05, 4.69) is 56.6 Å². The first-order chi connectivity index (χ1) is 20.9. The zero-order valence-corrected chi connectivity index (χ0v) is 25.4. The monoisotopic (exact) mass is 582 g/mol. The Morgan fingerprint density at radius 2 is 1.70 bits per heavy atom. The van der Waals surface area contributed by atoms with Gasteiger partial charge in [0.25, 0.3) is 11.8 Å². The number of nitrogens with one attached hydrogen (secondary N) is 2. The standard InChI is InChI=1S/C34H42N6O3/c1-23-30(8-5-9-31(23)43-3)34(42)37-26-19-28-11-12-29(20-26)40(28)32-13-10-25(22-35-32)33(41)36-21-24-6-4-7-27(18-24)39-16-14-38(2)15-17-39/h4-10,13,18,22,26,28-29H,11-12,14-17,19-21H2,1-3H3,(H,36,41)(H,37,42). The minimum Gasteiger partial charge on any atom is -0.496 e. The fourth-order valence-electron chi connectivity index (χ4n) is 6.90. The van der Waals surface area contributed by atoms with Crippen molar-refractivity contribution in [2.75, 3.05) is 50.1 Å². The number of amides is 2. The van der Waals surface area contributed by atoms with Gasteiger partial charge in [-0.25, -0.2) is 4.98 Å². The summed E-state index contributed by atoms with van der Waals surface area (Å²) in [7, 11) is 3.78. The molecule has 3 aromatic rings. The van der Waals surface area contributed by atoms with Crippen LogP contribution in [0.2, 0.25) is 0 Å². The molecule has 1 aromatic heterocycles. The number of carbonyl (C=O) groups is 2. The van der Waals surface area contributed by atoms with Crippen molar-refractivity contribution in [1.82, 2.24) is 20.5 Å². The van der Waals surface area contributed by atoms with E-state index in [1.165, 1.54) is 5.69 Å². The van der Waals surface area contributed by atoms with E-state index in [1.54, 1.807) is 13.3 Å². The van der Waals surface area contributed by atoms with E-state index in [9.17, 15) is 9.59 Å². The van der Waals surface area contributed by atoms with Crippen LogP contribution in [-0.2, 0) is 6.54 Å². The summed E-state index contributed by atoms with van der Waals surface area (Å²) in [5.41, 5.74) is 4.37. The van der Waals surface area contributed by atoms with Gasteiger partial charge in [0.1, 0.15) is 11.6 Å². The number of hydrogen-bond acceptors (Lipinski definition) is 7. The Bertz CT molecular complexity index is 1440. The number of pyridine rings is 1. The maximum atomic E-state index is 13.1. The van der Waals surface area contributed by atoms with Crippen LogP contribution in [0.1, 0.15) is 57.5 Å². The maximum absolute atomic E-state index is 13.1. The lowest BCUT2D eigenvalue weighted by Gasteiger charge is -2.40. The summed E-state index contributed by atoms with van der Waals surface area (Å²) in [6, 6.07) is 18.6. The van der Waals surface area contributed by atoms with E-state index in [0.29, 0.717) is 29.8 Å². The lowest BCUT2D eigenvalue weighted by Crippen LogP contribution is -2.50. The number of benzene rings is 2. The third kappa shape index (κ3) is 6.32. The minimum absolute atomic E-state index is 0.0474. The van der Waals surface area contributed by atoms with Crippen LogP contribution in [0.3, 0.4) is 0 Å². The van der Waals surface area contributed by atoms with Gasteiger partial charge in [-0.15, -0.1) is 0 Å². The fraction of sp³-hybridized carbons (Fsp3) is 0.441. The molecule has 2 amide bonds. The number of likely N-dealkylation sites (N-methyl/N-ethyl adjacent to an activating group) is 1. The number of carbonyl (C=O) groups excluding carboxylic acids is 2. The Balaban J connectivity index is 1.03. The van der Waals surface area contributed by atoms with Gasteiger partial charge in [-0.3, -0.25) is 9.59 Å². The quantitative estimate of drug-likeness (QED) is 0.415. The molecule has 9 nitrogen and oxygen atoms in total. The molecule has 226 valence electrons. The SMILES string of the molecule is COc1cccc(C(=O)NC2CC3CCC(C2)N3c2ccc(C(=O)NCc3cccc(N4CCN(C)CC4)c3)cn2)c1C. The van der Waals surface area contributed by atoms with Crippen molar-refractivity contribution in [3.63, 3.8) is 0 Å². The van der Waals surface area contributed by atoms with Crippen molar-refractivity contribution in [2.24, 2.45) is 0 Å². The highest BCUT2D eigenvalue weighted by atomic mass is 16.5. The van der Waals surface area contributed by atoms with Crippen LogP contribution < -0.4 is 25.2 Å². The first-order valence-electron chi connectivity index (χ1n) is 15.4. The number of rotatable bonds is 8. The predicted molar refractivity (Wildman–Crippen MR) is 169 cm³/mol. The molecule has 6 rings (SSSR count). The average molecular weight is 583 g/mol. The highest BCUT2D eigenvalue weighted by molar-refractivity contribution is 5.96. The Morgan fingerprint density at radius 1 is 0.953 bits per heavy atom. The van der Waals surface area contributed by atoms with Gasteiger partial charge in [-0.1, -0.05) is 18.2 Å². The molecular formula is C34H42N6O3. The largest absolute Gasteiger partial charge is 0.496 e. The van der Waals surface area contributed by atoms with Gasteiger partial charge >= 0.3 is 0 Å². The van der Waals surface area contributed by atoms with Gasteiger partial charge in [-0.2, -0.15) is 0 Å². The molecular weight excluding hydrogens is 540 g/mol. The maximum Gasteiger partial charge on any atom is 0.253 e. The molecule has 0 saturated carbocycles. The van der Waals surface area contributed by atoms with Crippen molar-refractivity contribution in [2.45, 2.75) is 57.3 Å². The van der Waals surface area contributed by atoms with Crippen LogP contribution in [-0.4, -0.2) is 80.2 Å². The van der Waals surface area contributed by atoms with E-state index < -0.39 is 0 Å². The van der Waals surface area contributed by atoms with E-state index in [0.717, 1.165) is 74.6 Å². The van der Waals surface area contributed by atoms with Crippen LogP contribution in [0.4, 0.5) is 11.5 Å². The summed E-state index contributed by atoms with van der Waals surface area (Å²) in [4.78, 5) is 37.9. The number of aromatic nitrogens is 1. The van der Waals surface area contributed by atoms with Gasteiger partial charge in [0.15, 0.2) is 0 Å². The summed E-state index contributed by atoms with van der Waals surface area (Å²) in [6.07, 6.45) is 5.59. The molecule has 2 N–H and O–H groups in total. The molecule has 4 heterocycles. The third-order valence-corrected chi connectivity index (χ3v) is 9.32. The molecule has 9 heteroatoms. The number of piperazine rings is 1. The Labute approximate surface area is 254 Å². The van der Waals surface area contributed by atoms with Crippen molar-refractivity contribution >= 4 is 23.3 Å². The molecule has 3 aliphatic heterocycles. The minimum atomic E-state index is -0.124. The van der Waals surface area contributed by atoms with Gasteiger partial charge in [-0.05, 0) is 81.6 Å². The molecule has 0 aliphatic carbocycles. The molecule has 2 bridgehead atoms. The van der Waals surface area contributed by atoms with Crippen LogP contribution in [0.5, 0.6) is 5.75 Å². The smallest absolute Gasteiger partial charge is 0.253 e. The number of ether oxygens (including phenoxy) is 1. The summed E-state index contributed by atoms with van der Waals surface area (Å²) in [5.74, 6) is 1.45. The van der Waals surface area contributed by atoms with Crippen molar-refractivity contribution in [1.29, 1.82) is 0 Å². The second kappa shape index (κ2) is 12.6. The van der Waals surface area contributed by atoms with Crippen molar-refractivity contribution in [3.8, 4) is 5.75 Å². The average Bonchev–Trinajstić information content (AvgIpc) is 3.30. The van der Waals surface area contributed by atoms with E-state index in [-0.39, 0.29) is 17.9 Å². The summed E-state index contributed by atoms with van der Waals surface area (Å²) < 4.78 is 5.40. The summed E-state index contributed by atoms with van der Waals surface area (Å²) in [6.45, 7) is 6.54. The zero-order valence-electron chi connectivity index (χ0n) is 25.4. The number of hydrogen-bond donors (Lipinski definition) is 2. The van der Waals surface area contributed by atoms with Gasteiger partial charge in [0.2, 0.25) is 0 Å². The fourth-order valence-corrected chi connectivity index (χ4v) is 6.90. The van der Waals surface area contributed by atoms with Gasteiger partial charge < -0.3 is 30.1 Å². The normalized spacial score (nSPS) is 21.9. The van der Waals surface area contributed by atoms with Crippen LogP contribution in [0.25, 0.3) is 0 Å². The van der Waals surface area contributed by atoms with Gasteiger partial charge in [0.05, 0.1) is 12.7 Å². The van der Waals surface area contributed by atoms with Gasteiger partial charge in [0, 0.05) is 73.9 Å². The molecule has 3 aliphatic rings. The van der Waals surface area contributed by atoms with Crippen molar-refractivity contribution in [3.05, 3.63) is 83.0 Å². The Kier molecular flexibility index (Phi) is 8.51. The molecule has 43 heavy (non-hydrogen) atoms. The Morgan fingerprint density at radius 3 is 2.40 bits per heavy atom. The number of fused-ring (bicyclic) bond motifs is 2. The highest BCUT2D eigenvalue weighted by Crippen LogP contribution is 2.38. The summed E-state index contributed by atoms with van der Waals surface area (Å²) >= 11 is 0. The lowest BCUT2D eigenvalue weighted by atomic mass is 9.96. The molecule has 0 radical (unpaired) electrons. The number of methoxy groups -OCH3 is 1. The second-order valence-corrected chi connectivity index (χ2v) is 12.1. The molecule has 3 saturated heterocycles. The van der Waals surface area contributed by atoms with Crippen LogP contribution >= 0.6 is 0 Å². The van der Waals surface area contributed by atoms with Crippen LogP contribution in [0.15, 0.2) is 60.8 Å². The lowest BCUT2D eigenvalue weighted by molar-refractivity contribution is 0.0923. The molecule has 2 unspecified atom stereocenters. The highest BCUT2D eigenvalue weighted by Gasteiger charge is 2.42. The van der Waals surface area contributed by atoms with E-state index in [4.69, 9.17) is 9.72 Å². The zero-order chi connectivity index (χ0) is 29.9. The van der Waals surface area contributed by atoms with Crippen molar-refractivity contribution < 1.29 is 14.3 Å². The second-order valence-electron chi connectivity index (χ2n) is 12.1. The number of anilines is 2. The van der Waals surface area contributed by atoms with Crippen LogP contribution in [0, 0.1) is 6.92 Å². The summed E-state index contributed by atoms with van der Waals surface area (Å²) in [5, 5.41) is 6.34. The molecule has 2 atom stereocenters. The molecule has 2 aromatic carbocycles. The Hall–Kier alpha value is -4.11. The number of piperidine rings is 1. The molecule has 3 fully saturated rings. The third-order valence-electron chi connectivity index (χ3n) is 9.32. The topological polar surface area (TPSA) is 90.0 Å². The molecule has 0 spiro atoms.